The van der Waals surface area contributed by atoms with Gasteiger partial charge in [0, 0.05) is 19.7 Å². The maximum Gasteiger partial charge on any atom is 0.248 e. The number of nitrogens with one attached hydrogen (secondary N) is 1. The molecule has 0 fully saturated rings. The summed E-state index contributed by atoms with van der Waals surface area (Å²) in [5.41, 5.74) is 0.419. The number of hydrogen-bond donors (Lipinski definition) is 1. The minimum absolute atomic E-state index is 0.0434. The van der Waals surface area contributed by atoms with Crippen molar-refractivity contribution in [2.45, 2.75) is 18.4 Å². The second kappa shape index (κ2) is 9.36. The molecule has 1 aliphatic heterocycles. The molecule has 0 aliphatic carbocycles. The molecule has 5 nitrogen and oxygen atoms in total. The fourth-order valence-electron chi connectivity index (χ4n) is 4.05. The van der Waals surface area contributed by atoms with E-state index in [0.29, 0.717) is 17.9 Å². The van der Waals surface area contributed by atoms with E-state index >= 15 is 0 Å². The van der Waals surface area contributed by atoms with Gasteiger partial charge in [0.2, 0.25) is 5.91 Å². The highest BCUT2D eigenvalue weighted by atomic mass is 32.1. The first-order valence-electron chi connectivity index (χ1n) is 10.2. The van der Waals surface area contributed by atoms with Gasteiger partial charge < -0.3 is 10.1 Å². The summed E-state index contributed by atoms with van der Waals surface area (Å²) in [7, 11) is 1.52. The third-order valence-electron chi connectivity index (χ3n) is 5.69. The summed E-state index contributed by atoms with van der Waals surface area (Å²) in [6, 6.07) is 10.8. The van der Waals surface area contributed by atoms with E-state index in [2.05, 4.69) is 10.4 Å². The maximum atomic E-state index is 14.9. The second-order valence-electron chi connectivity index (χ2n) is 7.79. The van der Waals surface area contributed by atoms with Crippen LogP contribution in [0, 0.1) is 17.5 Å². The lowest BCUT2D eigenvalue weighted by Gasteiger charge is -2.37. The summed E-state index contributed by atoms with van der Waals surface area (Å²) in [5, 5.41) is 12.6. The third-order valence-corrected chi connectivity index (χ3v) is 6.39. The number of amides is 1. The van der Waals surface area contributed by atoms with Crippen LogP contribution in [-0.2, 0) is 9.53 Å². The molecule has 172 valence electrons. The first-order chi connectivity index (χ1) is 15.9. The Kier molecular flexibility index (Phi) is 6.53. The number of hydrogen-bond acceptors (Lipinski definition) is 5. The molecule has 0 bridgehead atoms. The van der Waals surface area contributed by atoms with Crippen LogP contribution in [0.2, 0.25) is 0 Å². The number of methoxy groups -OCH3 is 1. The molecule has 0 radical (unpaired) electrons. The number of rotatable bonds is 7. The molecule has 33 heavy (non-hydrogen) atoms. The first-order valence-corrected chi connectivity index (χ1v) is 11.2. The van der Waals surface area contributed by atoms with Crippen LogP contribution in [0.5, 0.6) is 0 Å². The number of carbonyl (C=O) groups excluding carboxylic acids is 1. The number of anilines is 1. The monoisotopic (exact) mass is 473 g/mol. The zero-order valence-electron chi connectivity index (χ0n) is 18.0. The van der Waals surface area contributed by atoms with Gasteiger partial charge in [0.25, 0.3) is 0 Å². The second-order valence-corrected chi connectivity index (χ2v) is 8.57. The number of ether oxygens (including phenoxy) is 1. The smallest absolute Gasteiger partial charge is 0.248 e. The van der Waals surface area contributed by atoms with E-state index in [1.807, 2.05) is 16.8 Å². The van der Waals surface area contributed by atoms with Gasteiger partial charge in [-0.25, -0.2) is 18.2 Å². The van der Waals surface area contributed by atoms with Crippen molar-refractivity contribution in [1.29, 1.82) is 0 Å². The van der Waals surface area contributed by atoms with Crippen molar-refractivity contribution >= 4 is 28.6 Å². The van der Waals surface area contributed by atoms with Crippen molar-refractivity contribution < 1.29 is 22.7 Å². The highest BCUT2D eigenvalue weighted by Gasteiger charge is 2.55. The van der Waals surface area contributed by atoms with Gasteiger partial charge in [0.15, 0.2) is 11.4 Å². The Labute approximate surface area is 193 Å². The molecule has 0 spiro atoms. The van der Waals surface area contributed by atoms with Crippen LogP contribution < -0.4 is 10.3 Å². The molecule has 1 aromatic heterocycles. The summed E-state index contributed by atoms with van der Waals surface area (Å²) in [6.07, 6.45) is 0. The number of benzene rings is 2. The van der Waals surface area contributed by atoms with E-state index in [0.717, 1.165) is 17.7 Å². The van der Waals surface area contributed by atoms with Crippen LogP contribution in [0.15, 0.2) is 64.4 Å². The summed E-state index contributed by atoms with van der Waals surface area (Å²) in [5.74, 6) is -3.01. The van der Waals surface area contributed by atoms with Crippen molar-refractivity contribution in [2.24, 2.45) is 5.10 Å². The Bertz CT molecular complexity index is 1170. The minimum atomic E-state index is -1.41. The number of halogens is 3. The van der Waals surface area contributed by atoms with Crippen LogP contribution in [0.1, 0.15) is 24.0 Å². The summed E-state index contributed by atoms with van der Waals surface area (Å²) in [6.45, 7) is 2.20. The van der Waals surface area contributed by atoms with Crippen molar-refractivity contribution in [3.05, 3.63) is 87.9 Å². The van der Waals surface area contributed by atoms with E-state index < -0.39 is 34.8 Å². The van der Waals surface area contributed by atoms with E-state index in [4.69, 9.17) is 4.74 Å². The average Bonchev–Trinajstić information content (AvgIpc) is 3.41. The average molecular weight is 474 g/mol. The fourth-order valence-corrected chi connectivity index (χ4v) is 4.74. The number of nitrogens with zero attached hydrogens (tertiary/aromatic N) is 2. The van der Waals surface area contributed by atoms with E-state index in [1.54, 1.807) is 19.1 Å². The molecule has 1 aliphatic rings. The number of hydrazone groups is 1. The van der Waals surface area contributed by atoms with Gasteiger partial charge in [-0.2, -0.15) is 16.4 Å². The molecule has 0 saturated carbocycles. The Morgan fingerprint density at radius 2 is 1.88 bits per heavy atom. The Hall–Kier alpha value is -3.17. The van der Waals surface area contributed by atoms with Crippen molar-refractivity contribution in [3.8, 4) is 0 Å². The van der Waals surface area contributed by atoms with Crippen LogP contribution in [0.25, 0.3) is 0 Å². The molecule has 0 saturated heterocycles. The molecule has 3 aromatic rings. The molecule has 1 N–H and O–H groups in total. The molecule has 4 rings (SSSR count). The molecule has 2 atom stereocenters. The summed E-state index contributed by atoms with van der Waals surface area (Å²) >= 11 is 1.45. The minimum Gasteiger partial charge on any atom is -0.383 e. The lowest BCUT2D eigenvalue weighted by Crippen LogP contribution is -2.57. The molecule has 1 amide bonds. The first kappa shape index (κ1) is 23.0. The van der Waals surface area contributed by atoms with Gasteiger partial charge in [-0.1, -0.05) is 12.1 Å². The predicted octanol–water partition coefficient (Wildman–Crippen LogP) is 4.69. The zero-order valence-corrected chi connectivity index (χ0v) is 18.8. The lowest BCUT2D eigenvalue weighted by atomic mass is 9.76. The van der Waals surface area contributed by atoms with Crippen LogP contribution >= 0.6 is 11.3 Å². The molecule has 2 heterocycles. The topological polar surface area (TPSA) is 53.9 Å². The van der Waals surface area contributed by atoms with Gasteiger partial charge in [-0.05, 0) is 59.1 Å². The molecule has 2 unspecified atom stereocenters. The highest BCUT2D eigenvalue weighted by molar-refractivity contribution is 7.08. The Morgan fingerprint density at radius 1 is 1.15 bits per heavy atom. The van der Waals surface area contributed by atoms with Crippen molar-refractivity contribution in [3.63, 3.8) is 0 Å². The van der Waals surface area contributed by atoms with Crippen LogP contribution in [-0.4, -0.2) is 37.4 Å². The fraction of sp³-hybridized carbons (Fsp3) is 0.250. The van der Waals surface area contributed by atoms with Gasteiger partial charge >= 0.3 is 0 Å². The maximum absolute atomic E-state index is 14.9. The largest absolute Gasteiger partial charge is 0.383 e. The van der Waals surface area contributed by atoms with Crippen LogP contribution in [0.4, 0.5) is 18.9 Å². The number of thiophene rings is 1. The molecule has 9 heteroatoms. The van der Waals surface area contributed by atoms with E-state index in [1.165, 1.54) is 41.7 Å². The summed E-state index contributed by atoms with van der Waals surface area (Å²) in [4.78, 5) is 13.6. The van der Waals surface area contributed by atoms with Crippen molar-refractivity contribution in [1.82, 2.24) is 5.32 Å². The molecule has 2 aromatic carbocycles. The van der Waals surface area contributed by atoms with Crippen molar-refractivity contribution in [2.75, 3.05) is 25.3 Å². The molecular formula is C24H22F3N3O2S. The Morgan fingerprint density at radius 3 is 2.52 bits per heavy atom. The van der Waals surface area contributed by atoms with Gasteiger partial charge in [-0.15, -0.1) is 0 Å². The zero-order chi connectivity index (χ0) is 23.6. The number of carbonyl (C=O) groups is 1. The van der Waals surface area contributed by atoms with Crippen LogP contribution in [0.3, 0.4) is 0 Å². The summed E-state index contributed by atoms with van der Waals surface area (Å²) < 4.78 is 47.2. The Balaban J connectivity index is 1.90. The SMILES string of the molecule is COCCNC(=O)C1(C)C(c2ccsc2)C(c2ccc(F)cc2)=NN1c1ccc(F)cc1F. The third kappa shape index (κ3) is 4.26. The van der Waals surface area contributed by atoms with Gasteiger partial charge in [0.1, 0.15) is 11.6 Å². The standard InChI is InChI=1S/C24H22F3N3O2S/c1-24(23(31)28-10-11-32-2)21(16-9-12-33-14-16)22(15-3-5-17(25)6-4-15)29-30(24)20-8-7-18(26)13-19(20)27/h3-9,12-14,21H,10-11H2,1-2H3,(H,28,31). The van der Waals surface area contributed by atoms with Gasteiger partial charge in [0.05, 0.1) is 23.9 Å². The predicted molar refractivity (Wildman–Crippen MR) is 122 cm³/mol. The highest BCUT2D eigenvalue weighted by Crippen LogP contribution is 2.46. The normalized spacial score (nSPS) is 20.1. The van der Waals surface area contributed by atoms with E-state index in [9.17, 15) is 18.0 Å². The quantitative estimate of drug-likeness (QED) is 0.507. The lowest BCUT2D eigenvalue weighted by molar-refractivity contribution is -0.126. The van der Waals surface area contributed by atoms with Gasteiger partial charge in [-0.3, -0.25) is 4.79 Å². The van der Waals surface area contributed by atoms with E-state index in [-0.39, 0.29) is 12.2 Å². The molecular weight excluding hydrogens is 451 g/mol.